The fourth-order valence-electron chi connectivity index (χ4n) is 4.15. The first-order chi connectivity index (χ1) is 14.1. The van der Waals surface area contributed by atoms with E-state index in [1.54, 1.807) is 6.20 Å². The van der Waals surface area contributed by atoms with Crippen molar-refractivity contribution in [2.45, 2.75) is 58.0 Å². The first kappa shape index (κ1) is 25.0. The van der Waals surface area contributed by atoms with Gasteiger partial charge < -0.3 is 20.4 Å². The maximum atomic E-state index is 12.0. The van der Waals surface area contributed by atoms with Crippen LogP contribution in [0.1, 0.15) is 46.0 Å². The summed E-state index contributed by atoms with van der Waals surface area (Å²) >= 11 is 6.29. The van der Waals surface area contributed by atoms with Crippen LogP contribution >= 0.6 is 35.6 Å². The molecule has 0 aromatic carbocycles. The molecule has 2 N–H and O–H groups in total. The second-order valence-electron chi connectivity index (χ2n) is 7.69. The Morgan fingerprint density at radius 1 is 1.40 bits per heavy atom. The van der Waals surface area contributed by atoms with E-state index in [0.29, 0.717) is 36.0 Å². The van der Waals surface area contributed by atoms with Gasteiger partial charge in [0.15, 0.2) is 5.96 Å². The average Bonchev–Trinajstić information content (AvgIpc) is 3.35. The van der Waals surface area contributed by atoms with Gasteiger partial charge in [-0.05, 0) is 44.7 Å². The number of aromatic nitrogens is 1. The zero-order valence-electron chi connectivity index (χ0n) is 17.9. The molecule has 2 fully saturated rings. The zero-order valence-corrected chi connectivity index (χ0v) is 21.0. The molecule has 0 bridgehead atoms. The molecule has 3 rings (SSSR count). The van der Waals surface area contributed by atoms with Gasteiger partial charge in [0.2, 0.25) is 5.91 Å². The van der Waals surface area contributed by atoms with Crippen LogP contribution in [0.5, 0.6) is 0 Å². The molecule has 2 atom stereocenters. The number of anilines is 1. The SMILES string of the molecule is CCNC(=NCCC(CC)N1CCCC1=O)NC1CCN(c2ncccc2Cl)C1.I. The number of nitrogens with one attached hydrogen (secondary N) is 2. The first-order valence-electron chi connectivity index (χ1n) is 10.8. The van der Waals surface area contributed by atoms with Crippen LogP contribution in [0.15, 0.2) is 23.3 Å². The normalized spacial score (nSPS) is 20.3. The highest BCUT2D eigenvalue weighted by atomic mass is 127. The monoisotopic (exact) mass is 548 g/mol. The summed E-state index contributed by atoms with van der Waals surface area (Å²) in [6.45, 7) is 8.41. The molecular formula is C21H34ClIN6O. The van der Waals surface area contributed by atoms with Crippen molar-refractivity contribution < 1.29 is 4.79 Å². The zero-order chi connectivity index (χ0) is 20.6. The number of guanidine groups is 1. The molecule has 0 radical (unpaired) electrons. The number of halogens is 2. The van der Waals surface area contributed by atoms with E-state index in [4.69, 9.17) is 16.6 Å². The van der Waals surface area contributed by atoms with Crippen molar-refractivity contribution in [2.75, 3.05) is 37.6 Å². The van der Waals surface area contributed by atoms with Gasteiger partial charge in [-0.3, -0.25) is 9.79 Å². The van der Waals surface area contributed by atoms with Crippen LogP contribution in [0.4, 0.5) is 5.82 Å². The van der Waals surface area contributed by atoms with Crippen LogP contribution < -0.4 is 15.5 Å². The Morgan fingerprint density at radius 3 is 2.90 bits per heavy atom. The van der Waals surface area contributed by atoms with Gasteiger partial charge in [0.1, 0.15) is 5.82 Å². The van der Waals surface area contributed by atoms with Gasteiger partial charge in [-0.2, -0.15) is 0 Å². The Bertz CT molecular complexity index is 718. The summed E-state index contributed by atoms with van der Waals surface area (Å²) in [6.07, 6.45) is 6.36. The van der Waals surface area contributed by atoms with Crippen molar-refractivity contribution in [3.63, 3.8) is 0 Å². The number of nitrogens with zero attached hydrogens (tertiary/aromatic N) is 4. The number of pyridine rings is 1. The van der Waals surface area contributed by atoms with E-state index in [1.165, 1.54) is 0 Å². The highest BCUT2D eigenvalue weighted by Crippen LogP contribution is 2.25. The number of rotatable bonds is 8. The van der Waals surface area contributed by atoms with Gasteiger partial charge in [0, 0.05) is 57.4 Å². The lowest BCUT2D eigenvalue weighted by molar-refractivity contribution is -0.129. The highest BCUT2D eigenvalue weighted by molar-refractivity contribution is 14.0. The van der Waals surface area contributed by atoms with Gasteiger partial charge in [-0.1, -0.05) is 18.5 Å². The standard InChI is InChI=1S/C21H33ClN6O.HI/c1-3-17(28-13-6-8-19(28)29)9-12-25-21(23-4-2)26-16-10-14-27(15-16)20-18(22)7-5-11-24-20;/h5,7,11,16-17H,3-4,6,8-10,12-15H2,1-2H3,(H2,23,25,26);1H. The molecule has 2 saturated heterocycles. The van der Waals surface area contributed by atoms with Gasteiger partial charge in [-0.25, -0.2) is 4.98 Å². The summed E-state index contributed by atoms with van der Waals surface area (Å²) in [5.41, 5.74) is 0. The molecule has 1 aromatic heterocycles. The van der Waals surface area contributed by atoms with Crippen LogP contribution in [-0.2, 0) is 4.79 Å². The van der Waals surface area contributed by atoms with Crippen molar-refractivity contribution in [3.8, 4) is 0 Å². The fourth-order valence-corrected chi connectivity index (χ4v) is 4.40. The van der Waals surface area contributed by atoms with E-state index >= 15 is 0 Å². The van der Waals surface area contributed by atoms with E-state index in [0.717, 1.165) is 63.6 Å². The van der Waals surface area contributed by atoms with Crippen molar-refractivity contribution >= 4 is 53.3 Å². The van der Waals surface area contributed by atoms with Gasteiger partial charge in [-0.15, -0.1) is 24.0 Å². The highest BCUT2D eigenvalue weighted by Gasteiger charge is 2.27. The molecule has 2 aliphatic heterocycles. The van der Waals surface area contributed by atoms with Crippen LogP contribution in [0.25, 0.3) is 0 Å². The Balaban J connectivity index is 0.00000320. The molecular weight excluding hydrogens is 515 g/mol. The minimum atomic E-state index is 0. The second kappa shape index (κ2) is 12.5. The molecule has 2 aliphatic rings. The summed E-state index contributed by atoms with van der Waals surface area (Å²) in [4.78, 5) is 25.5. The summed E-state index contributed by atoms with van der Waals surface area (Å²) < 4.78 is 0. The van der Waals surface area contributed by atoms with Gasteiger partial charge in [0.05, 0.1) is 5.02 Å². The maximum Gasteiger partial charge on any atom is 0.222 e. The van der Waals surface area contributed by atoms with Gasteiger partial charge >= 0.3 is 0 Å². The molecule has 0 saturated carbocycles. The minimum absolute atomic E-state index is 0. The maximum absolute atomic E-state index is 12.0. The predicted molar refractivity (Wildman–Crippen MR) is 134 cm³/mol. The Hall–Kier alpha value is -1.29. The number of likely N-dealkylation sites (tertiary alicyclic amines) is 1. The van der Waals surface area contributed by atoms with Crippen molar-refractivity contribution in [1.82, 2.24) is 20.5 Å². The quantitative estimate of drug-likeness (QED) is 0.296. The van der Waals surface area contributed by atoms with E-state index in [1.807, 2.05) is 17.0 Å². The fraction of sp³-hybridized carbons (Fsp3) is 0.667. The van der Waals surface area contributed by atoms with Crippen molar-refractivity contribution in [2.24, 2.45) is 4.99 Å². The number of amides is 1. The molecule has 2 unspecified atom stereocenters. The smallest absolute Gasteiger partial charge is 0.222 e. The van der Waals surface area contributed by atoms with Crippen LogP contribution in [-0.4, -0.2) is 66.6 Å². The van der Waals surface area contributed by atoms with E-state index < -0.39 is 0 Å². The van der Waals surface area contributed by atoms with E-state index in [2.05, 4.69) is 34.4 Å². The molecule has 3 heterocycles. The predicted octanol–water partition coefficient (Wildman–Crippen LogP) is 3.28. The van der Waals surface area contributed by atoms with Gasteiger partial charge in [0.25, 0.3) is 0 Å². The third-order valence-electron chi connectivity index (χ3n) is 5.67. The Labute approximate surface area is 202 Å². The second-order valence-corrected chi connectivity index (χ2v) is 8.09. The molecule has 7 nitrogen and oxygen atoms in total. The summed E-state index contributed by atoms with van der Waals surface area (Å²) in [5.74, 6) is 1.99. The third kappa shape index (κ3) is 6.60. The Kier molecular flexibility index (Phi) is 10.4. The van der Waals surface area contributed by atoms with E-state index in [9.17, 15) is 4.79 Å². The molecule has 1 aromatic rings. The average molecular weight is 549 g/mol. The van der Waals surface area contributed by atoms with Crippen LogP contribution in [0, 0.1) is 0 Å². The van der Waals surface area contributed by atoms with Crippen molar-refractivity contribution in [1.29, 1.82) is 0 Å². The first-order valence-corrected chi connectivity index (χ1v) is 11.2. The largest absolute Gasteiger partial charge is 0.357 e. The van der Waals surface area contributed by atoms with E-state index in [-0.39, 0.29) is 24.0 Å². The lowest BCUT2D eigenvalue weighted by atomic mass is 10.1. The number of hydrogen-bond donors (Lipinski definition) is 2. The topological polar surface area (TPSA) is 72.9 Å². The summed E-state index contributed by atoms with van der Waals surface area (Å²) in [6, 6.07) is 4.33. The minimum Gasteiger partial charge on any atom is -0.357 e. The summed E-state index contributed by atoms with van der Waals surface area (Å²) in [5, 5.41) is 7.59. The molecule has 0 spiro atoms. The van der Waals surface area contributed by atoms with Crippen LogP contribution in [0.2, 0.25) is 5.02 Å². The molecule has 30 heavy (non-hydrogen) atoms. The number of aliphatic imine (C=N–C) groups is 1. The summed E-state index contributed by atoms with van der Waals surface area (Å²) in [7, 11) is 0. The van der Waals surface area contributed by atoms with Crippen molar-refractivity contribution in [3.05, 3.63) is 23.4 Å². The lowest BCUT2D eigenvalue weighted by Crippen LogP contribution is -2.45. The Morgan fingerprint density at radius 2 is 2.23 bits per heavy atom. The number of hydrogen-bond acceptors (Lipinski definition) is 4. The lowest BCUT2D eigenvalue weighted by Gasteiger charge is -2.26. The molecule has 0 aliphatic carbocycles. The third-order valence-corrected chi connectivity index (χ3v) is 5.96. The molecule has 9 heteroatoms. The number of carbonyl (C=O) groups excluding carboxylic acids is 1. The molecule has 1 amide bonds. The number of carbonyl (C=O) groups is 1. The molecule has 168 valence electrons. The van der Waals surface area contributed by atoms with Crippen LogP contribution in [0.3, 0.4) is 0 Å².